The number of carbonyl (C=O) groups excluding carboxylic acids is 1. The molecule has 0 aliphatic carbocycles. The molecule has 3 N–H and O–H groups in total. The van der Waals surface area contributed by atoms with E-state index in [-0.39, 0.29) is 12.4 Å². The fourth-order valence-corrected chi connectivity index (χ4v) is 1.58. The highest BCUT2D eigenvalue weighted by Gasteiger charge is 2.04. The average molecular weight is 335 g/mol. The first-order valence-corrected chi connectivity index (χ1v) is 7.91. The van der Waals surface area contributed by atoms with Crippen LogP contribution in [0.1, 0.15) is 25.7 Å². The second-order valence-electron chi connectivity index (χ2n) is 4.86. The number of hydrogen-bond acceptors (Lipinski definition) is 7. The van der Waals surface area contributed by atoms with Crippen LogP contribution in [-0.4, -0.2) is 76.3 Å². The van der Waals surface area contributed by atoms with Gasteiger partial charge >= 0.3 is 5.97 Å². The molecule has 23 heavy (non-hydrogen) atoms. The lowest BCUT2D eigenvalue weighted by atomic mass is 10.2. The molecule has 0 saturated carbocycles. The normalized spacial score (nSPS) is 10.8. The van der Waals surface area contributed by atoms with Gasteiger partial charge in [0.1, 0.15) is 13.2 Å². The second kappa shape index (κ2) is 17.3. The lowest BCUT2D eigenvalue weighted by Crippen LogP contribution is -2.14. The summed E-state index contributed by atoms with van der Waals surface area (Å²) in [5.74, 6) is -1.17. The summed E-state index contributed by atoms with van der Waals surface area (Å²) in [6, 6.07) is 0. The van der Waals surface area contributed by atoms with Gasteiger partial charge in [0.25, 0.3) is 0 Å². The zero-order valence-electron chi connectivity index (χ0n) is 13.7. The van der Waals surface area contributed by atoms with Crippen molar-refractivity contribution in [2.24, 2.45) is 5.73 Å². The van der Waals surface area contributed by atoms with Crippen LogP contribution in [0.5, 0.6) is 0 Å². The van der Waals surface area contributed by atoms with Crippen molar-refractivity contribution in [2.75, 3.05) is 59.4 Å². The van der Waals surface area contributed by atoms with Gasteiger partial charge < -0.3 is 29.8 Å². The molecule has 0 fully saturated rings. The second-order valence-corrected chi connectivity index (χ2v) is 4.86. The molecule has 0 unspecified atom stereocenters. The van der Waals surface area contributed by atoms with E-state index in [2.05, 4.69) is 0 Å². The van der Waals surface area contributed by atoms with Crippen molar-refractivity contribution in [3.63, 3.8) is 0 Å². The molecule has 0 spiro atoms. The van der Waals surface area contributed by atoms with Gasteiger partial charge in [-0.1, -0.05) is 0 Å². The number of hydrogen-bond donors (Lipinski definition) is 2. The minimum absolute atomic E-state index is 0.0933. The highest BCUT2D eigenvalue weighted by molar-refractivity contribution is 5.80. The van der Waals surface area contributed by atoms with E-state index in [4.69, 9.17) is 29.8 Å². The number of ketones is 1. The maximum Gasteiger partial charge on any atom is 0.329 e. The van der Waals surface area contributed by atoms with E-state index in [9.17, 15) is 9.59 Å². The Morgan fingerprint density at radius 2 is 1.30 bits per heavy atom. The van der Waals surface area contributed by atoms with Crippen molar-refractivity contribution >= 4 is 11.8 Å². The molecular formula is C15H29NO7. The van der Waals surface area contributed by atoms with Crippen LogP contribution in [0.25, 0.3) is 0 Å². The molecular weight excluding hydrogens is 306 g/mol. The molecule has 0 aromatic carbocycles. The van der Waals surface area contributed by atoms with Crippen LogP contribution in [0, 0.1) is 0 Å². The third kappa shape index (κ3) is 18.9. The molecule has 0 bridgehead atoms. The molecule has 0 aromatic rings. The van der Waals surface area contributed by atoms with Gasteiger partial charge in [-0.2, -0.15) is 0 Å². The fourth-order valence-electron chi connectivity index (χ4n) is 1.58. The molecule has 0 heterocycles. The number of Topliss-reactive ketones (excluding diaryl/α,β-unsaturated/α-hetero) is 1. The summed E-state index contributed by atoms with van der Waals surface area (Å²) in [6.45, 7) is 3.42. The average Bonchev–Trinajstić information content (AvgIpc) is 2.51. The molecule has 8 heteroatoms. The predicted octanol–water partition coefficient (Wildman–Crippen LogP) is 0.226. The number of rotatable bonds is 18. The highest BCUT2D eigenvalue weighted by Crippen LogP contribution is 1.98. The minimum atomic E-state index is -1.07. The van der Waals surface area contributed by atoms with E-state index < -0.39 is 12.6 Å². The zero-order chi connectivity index (χ0) is 17.2. The summed E-state index contributed by atoms with van der Waals surface area (Å²) in [4.78, 5) is 21.5. The van der Waals surface area contributed by atoms with Crippen molar-refractivity contribution in [3.05, 3.63) is 0 Å². The van der Waals surface area contributed by atoms with E-state index >= 15 is 0 Å². The van der Waals surface area contributed by atoms with Gasteiger partial charge in [-0.15, -0.1) is 0 Å². The Morgan fingerprint density at radius 1 is 0.739 bits per heavy atom. The third-order valence-electron chi connectivity index (χ3n) is 2.72. The monoisotopic (exact) mass is 335 g/mol. The number of nitrogens with two attached hydrogens (primary N) is 1. The summed E-state index contributed by atoms with van der Waals surface area (Å²) in [6.07, 6.45) is 2.70. The van der Waals surface area contributed by atoms with Crippen LogP contribution in [0.15, 0.2) is 0 Å². The fraction of sp³-hybridized carbons (Fsp3) is 0.867. The van der Waals surface area contributed by atoms with Crippen molar-refractivity contribution < 1.29 is 33.6 Å². The summed E-state index contributed by atoms with van der Waals surface area (Å²) >= 11 is 0. The first-order valence-electron chi connectivity index (χ1n) is 7.91. The van der Waals surface area contributed by atoms with Crippen LogP contribution in [0.4, 0.5) is 0 Å². The maximum atomic E-state index is 11.3. The Hall–Kier alpha value is -1.06. The predicted molar refractivity (Wildman–Crippen MR) is 83.4 cm³/mol. The number of unbranched alkanes of at least 4 members (excludes halogenated alkanes) is 1. The van der Waals surface area contributed by atoms with Gasteiger partial charge in [0.15, 0.2) is 5.78 Å². The molecule has 0 amide bonds. The van der Waals surface area contributed by atoms with Gasteiger partial charge in [-0.25, -0.2) is 4.79 Å². The van der Waals surface area contributed by atoms with Gasteiger partial charge in [0.05, 0.1) is 26.4 Å². The number of carboxylic acid groups (broad SMARTS) is 1. The van der Waals surface area contributed by atoms with E-state index in [1.807, 2.05) is 0 Å². The molecule has 0 aliphatic heterocycles. The van der Waals surface area contributed by atoms with E-state index in [1.54, 1.807) is 0 Å². The van der Waals surface area contributed by atoms with Gasteiger partial charge in [0, 0.05) is 19.6 Å². The lowest BCUT2D eigenvalue weighted by molar-refractivity contribution is -0.143. The quantitative estimate of drug-likeness (QED) is 0.342. The SMILES string of the molecule is NCCCOCCOCCOCCCCC(=O)COCC(=O)O. The first-order chi connectivity index (χ1) is 11.2. The van der Waals surface area contributed by atoms with E-state index in [1.165, 1.54) is 0 Å². The number of aliphatic carboxylic acids is 1. The van der Waals surface area contributed by atoms with E-state index in [0.717, 1.165) is 12.8 Å². The Labute approximate surface area is 137 Å². The van der Waals surface area contributed by atoms with Crippen LogP contribution in [0.2, 0.25) is 0 Å². The van der Waals surface area contributed by atoms with Gasteiger partial charge in [-0.3, -0.25) is 4.79 Å². The Morgan fingerprint density at radius 3 is 1.87 bits per heavy atom. The summed E-state index contributed by atoms with van der Waals surface area (Å²) < 4.78 is 20.7. The maximum absolute atomic E-state index is 11.3. The number of ether oxygens (including phenoxy) is 4. The van der Waals surface area contributed by atoms with Gasteiger partial charge in [-0.05, 0) is 25.8 Å². The Bertz CT molecular complexity index is 300. The minimum Gasteiger partial charge on any atom is -0.480 e. The van der Waals surface area contributed by atoms with Gasteiger partial charge in [0.2, 0.25) is 0 Å². The largest absolute Gasteiger partial charge is 0.480 e. The molecule has 136 valence electrons. The summed E-state index contributed by atoms with van der Waals surface area (Å²) in [5.41, 5.74) is 5.33. The molecule has 0 rings (SSSR count). The summed E-state index contributed by atoms with van der Waals surface area (Å²) in [5, 5.41) is 8.35. The molecule has 0 atom stereocenters. The van der Waals surface area contributed by atoms with E-state index in [0.29, 0.717) is 59.0 Å². The standard InChI is InChI=1S/C15H29NO7/c16-5-3-7-21-9-11-22-10-8-20-6-2-1-4-14(17)12-23-13-15(18)19/h1-13,16H2,(H,18,19). The van der Waals surface area contributed by atoms with Crippen molar-refractivity contribution in [3.8, 4) is 0 Å². The molecule has 0 saturated heterocycles. The smallest absolute Gasteiger partial charge is 0.329 e. The summed E-state index contributed by atoms with van der Waals surface area (Å²) in [7, 11) is 0. The van der Waals surface area contributed by atoms with Crippen LogP contribution in [-0.2, 0) is 28.5 Å². The van der Waals surface area contributed by atoms with Crippen molar-refractivity contribution in [1.29, 1.82) is 0 Å². The van der Waals surface area contributed by atoms with Crippen LogP contribution in [0.3, 0.4) is 0 Å². The molecule has 0 aliphatic rings. The topological polar surface area (TPSA) is 117 Å². The zero-order valence-corrected chi connectivity index (χ0v) is 13.7. The first kappa shape index (κ1) is 21.9. The Kier molecular flexibility index (Phi) is 16.5. The third-order valence-corrected chi connectivity index (χ3v) is 2.72. The van der Waals surface area contributed by atoms with Crippen molar-refractivity contribution in [1.82, 2.24) is 0 Å². The highest BCUT2D eigenvalue weighted by atomic mass is 16.5. The number of carboxylic acids is 1. The molecule has 0 aromatic heterocycles. The number of carbonyl (C=O) groups is 2. The lowest BCUT2D eigenvalue weighted by Gasteiger charge is -2.06. The Balaban J connectivity index is 3.12. The van der Waals surface area contributed by atoms with Crippen LogP contribution >= 0.6 is 0 Å². The van der Waals surface area contributed by atoms with Crippen molar-refractivity contribution in [2.45, 2.75) is 25.7 Å². The molecule has 8 nitrogen and oxygen atoms in total. The molecule has 0 radical (unpaired) electrons. The van der Waals surface area contributed by atoms with Crippen LogP contribution < -0.4 is 5.73 Å².